The summed E-state index contributed by atoms with van der Waals surface area (Å²) in [5.74, 6) is 0.681. The van der Waals surface area contributed by atoms with E-state index in [2.05, 4.69) is 9.88 Å². The van der Waals surface area contributed by atoms with E-state index in [1.54, 1.807) is 39.9 Å². The van der Waals surface area contributed by atoms with Crippen LogP contribution in [0.1, 0.15) is 11.8 Å². The Bertz CT molecular complexity index is 779. The van der Waals surface area contributed by atoms with Gasteiger partial charge >= 0.3 is 0 Å². The Morgan fingerprint density at radius 3 is 2.38 bits per heavy atom. The van der Waals surface area contributed by atoms with E-state index in [0.717, 1.165) is 10.0 Å². The largest absolute Gasteiger partial charge is 0.494 e. The molecule has 0 bridgehead atoms. The number of hydrogen-bond acceptors (Lipinski definition) is 6. The normalized spacial score (nSPS) is 16.3. The average molecular weight is 367 g/mol. The van der Waals surface area contributed by atoms with Crippen LogP contribution in [0.4, 0.5) is 5.13 Å². The van der Waals surface area contributed by atoms with Gasteiger partial charge in [0, 0.05) is 37.3 Å². The zero-order chi connectivity index (χ0) is 17.2. The Hall–Kier alpha value is -1.64. The number of hydrogen-bond donors (Lipinski definition) is 0. The minimum atomic E-state index is -3.46. The van der Waals surface area contributed by atoms with Gasteiger partial charge in [0.15, 0.2) is 5.13 Å². The fourth-order valence-corrected chi connectivity index (χ4v) is 4.86. The molecule has 6 nitrogen and oxygen atoms in total. The van der Waals surface area contributed by atoms with Crippen molar-refractivity contribution in [1.29, 1.82) is 0 Å². The van der Waals surface area contributed by atoms with Crippen LogP contribution >= 0.6 is 11.3 Å². The van der Waals surface area contributed by atoms with Crippen molar-refractivity contribution in [2.45, 2.75) is 18.7 Å². The van der Waals surface area contributed by atoms with Crippen LogP contribution in [-0.2, 0) is 10.0 Å². The molecule has 0 atom stereocenters. The van der Waals surface area contributed by atoms with Crippen molar-refractivity contribution in [1.82, 2.24) is 9.29 Å². The number of thiazole rings is 1. The summed E-state index contributed by atoms with van der Waals surface area (Å²) in [6.07, 6.45) is 1.85. The fourth-order valence-electron chi connectivity index (χ4n) is 2.63. The van der Waals surface area contributed by atoms with Crippen LogP contribution < -0.4 is 9.64 Å². The van der Waals surface area contributed by atoms with Crippen molar-refractivity contribution >= 4 is 26.5 Å². The number of sulfonamides is 1. The Labute approximate surface area is 146 Å². The summed E-state index contributed by atoms with van der Waals surface area (Å²) >= 11 is 1.64. The Morgan fingerprint density at radius 1 is 1.17 bits per heavy atom. The second-order valence-corrected chi connectivity index (χ2v) is 8.70. The topological polar surface area (TPSA) is 62.7 Å². The SMILES string of the molecule is CCOc1ccc(S(=O)(=O)N2CCN(c3ncc(C)s3)CC2)cc1. The molecule has 130 valence electrons. The lowest BCUT2D eigenvalue weighted by Crippen LogP contribution is -2.48. The first kappa shape index (κ1) is 17.2. The van der Waals surface area contributed by atoms with Crippen LogP contribution in [0.2, 0.25) is 0 Å². The van der Waals surface area contributed by atoms with Crippen LogP contribution in [0.25, 0.3) is 0 Å². The number of ether oxygens (including phenoxy) is 1. The van der Waals surface area contributed by atoms with Gasteiger partial charge in [-0.15, -0.1) is 11.3 Å². The maximum Gasteiger partial charge on any atom is 0.243 e. The van der Waals surface area contributed by atoms with Crippen LogP contribution in [0.15, 0.2) is 35.4 Å². The molecule has 1 fully saturated rings. The summed E-state index contributed by atoms with van der Waals surface area (Å²) in [5, 5.41) is 0.964. The van der Waals surface area contributed by atoms with Gasteiger partial charge in [-0.25, -0.2) is 13.4 Å². The van der Waals surface area contributed by atoms with E-state index in [-0.39, 0.29) is 0 Å². The van der Waals surface area contributed by atoms with Gasteiger partial charge < -0.3 is 9.64 Å². The number of benzene rings is 1. The lowest BCUT2D eigenvalue weighted by molar-refractivity contribution is 0.340. The number of aryl methyl sites for hydroxylation is 1. The molecule has 0 radical (unpaired) electrons. The average Bonchev–Trinajstić information content (AvgIpc) is 3.02. The van der Waals surface area contributed by atoms with Crippen molar-refractivity contribution < 1.29 is 13.2 Å². The van der Waals surface area contributed by atoms with Crippen LogP contribution in [0.3, 0.4) is 0 Å². The van der Waals surface area contributed by atoms with E-state index >= 15 is 0 Å². The third-order valence-corrected chi connectivity index (χ3v) is 6.78. The monoisotopic (exact) mass is 367 g/mol. The van der Waals surface area contributed by atoms with E-state index in [1.807, 2.05) is 20.0 Å². The Morgan fingerprint density at radius 2 is 1.83 bits per heavy atom. The molecule has 2 aromatic rings. The first-order valence-corrected chi connectivity index (χ1v) is 10.2. The molecule has 3 rings (SSSR count). The number of rotatable bonds is 5. The van der Waals surface area contributed by atoms with E-state index in [0.29, 0.717) is 43.4 Å². The molecule has 0 amide bonds. The highest BCUT2D eigenvalue weighted by Gasteiger charge is 2.29. The minimum absolute atomic E-state index is 0.310. The van der Waals surface area contributed by atoms with Crippen LogP contribution in [0, 0.1) is 6.92 Å². The number of nitrogens with zero attached hydrogens (tertiary/aromatic N) is 3. The second kappa shape index (κ2) is 7.08. The van der Waals surface area contributed by atoms with Gasteiger partial charge in [-0.3, -0.25) is 0 Å². The van der Waals surface area contributed by atoms with Gasteiger partial charge in [0.25, 0.3) is 0 Å². The lowest BCUT2D eigenvalue weighted by atomic mass is 10.3. The van der Waals surface area contributed by atoms with Gasteiger partial charge in [0.1, 0.15) is 5.75 Å². The Kier molecular flexibility index (Phi) is 5.07. The molecular formula is C16H21N3O3S2. The van der Waals surface area contributed by atoms with Crippen LogP contribution in [-0.4, -0.2) is 50.5 Å². The fraction of sp³-hybridized carbons (Fsp3) is 0.438. The molecule has 8 heteroatoms. The molecule has 0 aliphatic carbocycles. The molecule has 1 aliphatic heterocycles. The van der Waals surface area contributed by atoms with Gasteiger partial charge in [0.05, 0.1) is 11.5 Å². The predicted molar refractivity (Wildman–Crippen MR) is 95.4 cm³/mol. The molecular weight excluding hydrogens is 346 g/mol. The first-order valence-electron chi connectivity index (χ1n) is 7.91. The smallest absolute Gasteiger partial charge is 0.243 e. The second-order valence-electron chi connectivity index (χ2n) is 5.55. The van der Waals surface area contributed by atoms with Gasteiger partial charge in [-0.05, 0) is 38.1 Å². The number of aromatic nitrogens is 1. The van der Waals surface area contributed by atoms with Crippen molar-refractivity contribution in [3.63, 3.8) is 0 Å². The molecule has 24 heavy (non-hydrogen) atoms. The highest BCUT2D eigenvalue weighted by molar-refractivity contribution is 7.89. The quantitative estimate of drug-likeness (QED) is 0.812. The van der Waals surface area contributed by atoms with Gasteiger partial charge in [-0.2, -0.15) is 4.31 Å². The van der Waals surface area contributed by atoms with Crippen molar-refractivity contribution in [2.75, 3.05) is 37.7 Å². The highest BCUT2D eigenvalue weighted by atomic mass is 32.2. The van der Waals surface area contributed by atoms with Crippen molar-refractivity contribution in [2.24, 2.45) is 0 Å². The van der Waals surface area contributed by atoms with E-state index < -0.39 is 10.0 Å². The zero-order valence-corrected chi connectivity index (χ0v) is 15.4. The first-order chi connectivity index (χ1) is 11.5. The van der Waals surface area contributed by atoms with Gasteiger partial charge in [0.2, 0.25) is 10.0 Å². The molecule has 0 unspecified atom stereocenters. The molecule has 0 spiro atoms. The molecule has 0 saturated carbocycles. The zero-order valence-electron chi connectivity index (χ0n) is 13.8. The summed E-state index contributed by atoms with van der Waals surface area (Å²) < 4.78 is 32.4. The summed E-state index contributed by atoms with van der Waals surface area (Å²) in [5.41, 5.74) is 0. The summed E-state index contributed by atoms with van der Waals surface area (Å²) in [7, 11) is -3.46. The van der Waals surface area contributed by atoms with E-state index in [9.17, 15) is 8.42 Å². The Balaban J connectivity index is 1.68. The number of anilines is 1. The molecule has 0 N–H and O–H groups in total. The molecule has 1 aromatic heterocycles. The van der Waals surface area contributed by atoms with E-state index in [1.165, 1.54) is 0 Å². The maximum absolute atomic E-state index is 12.8. The number of piperazine rings is 1. The third-order valence-electron chi connectivity index (χ3n) is 3.89. The predicted octanol–water partition coefficient (Wildman–Crippen LogP) is 2.36. The molecule has 1 aromatic carbocycles. The van der Waals surface area contributed by atoms with Crippen molar-refractivity contribution in [3.05, 3.63) is 35.3 Å². The summed E-state index contributed by atoms with van der Waals surface area (Å²) in [6.45, 7) is 6.72. The maximum atomic E-state index is 12.8. The van der Waals surface area contributed by atoms with E-state index in [4.69, 9.17) is 4.74 Å². The highest BCUT2D eigenvalue weighted by Crippen LogP contribution is 2.25. The van der Waals surface area contributed by atoms with Crippen molar-refractivity contribution in [3.8, 4) is 5.75 Å². The minimum Gasteiger partial charge on any atom is -0.494 e. The molecule has 2 heterocycles. The molecule has 1 aliphatic rings. The lowest BCUT2D eigenvalue weighted by Gasteiger charge is -2.33. The summed E-state index contributed by atoms with van der Waals surface area (Å²) in [4.78, 5) is 7.99. The van der Waals surface area contributed by atoms with Crippen LogP contribution in [0.5, 0.6) is 5.75 Å². The summed E-state index contributed by atoms with van der Waals surface area (Å²) in [6, 6.07) is 6.61. The standard InChI is InChI=1S/C16H21N3O3S2/c1-3-22-14-4-6-15(7-5-14)24(20,21)19-10-8-18(9-11-19)16-17-12-13(2)23-16/h4-7,12H,3,8-11H2,1-2H3. The van der Waals surface area contributed by atoms with Gasteiger partial charge in [-0.1, -0.05) is 0 Å². The molecule has 1 saturated heterocycles. The third kappa shape index (κ3) is 3.55.